The minimum absolute atomic E-state index is 0.930. The molecule has 2 heterocycles. The van der Waals surface area contributed by atoms with Crippen LogP contribution in [0.1, 0.15) is 16.1 Å². The Hall–Kier alpha value is -3.24. The molecule has 142 valence electrons. The van der Waals surface area contributed by atoms with Crippen molar-refractivity contribution in [2.24, 2.45) is 0 Å². The first kappa shape index (κ1) is 17.8. The fraction of sp³-hybridized carbons (Fsp3) is 0.120. The van der Waals surface area contributed by atoms with Crippen molar-refractivity contribution < 1.29 is 0 Å². The maximum absolute atomic E-state index is 4.77. The normalized spacial score (nSPS) is 11.3. The summed E-state index contributed by atoms with van der Waals surface area (Å²) in [6.07, 6.45) is 3.92. The third-order valence-corrected chi connectivity index (χ3v) is 6.18. The third kappa shape index (κ3) is 3.06. The molecule has 0 aliphatic carbocycles. The van der Waals surface area contributed by atoms with Crippen molar-refractivity contribution in [1.82, 2.24) is 14.5 Å². The van der Waals surface area contributed by atoms with Crippen molar-refractivity contribution in [3.8, 4) is 28.2 Å². The predicted molar refractivity (Wildman–Crippen MR) is 122 cm³/mol. The van der Waals surface area contributed by atoms with E-state index in [2.05, 4.69) is 86.0 Å². The number of imidazole rings is 1. The molecule has 0 atom stereocenters. The van der Waals surface area contributed by atoms with Crippen molar-refractivity contribution in [3.05, 3.63) is 89.2 Å². The molecule has 3 nitrogen and oxygen atoms in total. The van der Waals surface area contributed by atoms with E-state index in [1.165, 1.54) is 32.6 Å². The molecule has 0 N–H and O–H groups in total. The Labute approximate surface area is 174 Å². The Morgan fingerprint density at radius 1 is 0.828 bits per heavy atom. The Kier molecular flexibility index (Phi) is 4.29. The largest absolute Gasteiger partial charge is 0.299 e. The molecule has 5 rings (SSSR count). The molecule has 0 bridgehead atoms. The molecule has 0 saturated heterocycles. The molecule has 29 heavy (non-hydrogen) atoms. The maximum Gasteiger partial charge on any atom is 0.146 e. The molecule has 0 amide bonds. The molecule has 0 unspecified atom stereocenters. The van der Waals surface area contributed by atoms with Crippen molar-refractivity contribution >= 4 is 21.6 Å². The summed E-state index contributed by atoms with van der Waals surface area (Å²) in [5, 5.41) is 1.07. The van der Waals surface area contributed by atoms with Crippen LogP contribution >= 0.6 is 11.3 Å². The van der Waals surface area contributed by atoms with Gasteiger partial charge in [0.15, 0.2) is 0 Å². The number of rotatable bonds is 3. The average Bonchev–Trinajstić information content (AvgIpc) is 3.33. The SMILES string of the molecule is Cc1nc2c(-c3nccn3-c3c(C)cc(-c4ccccc4)cc3C)cccc2s1. The van der Waals surface area contributed by atoms with Crippen LogP contribution < -0.4 is 0 Å². The fourth-order valence-electron chi connectivity index (χ4n) is 4.06. The van der Waals surface area contributed by atoms with Crippen molar-refractivity contribution in [3.63, 3.8) is 0 Å². The smallest absolute Gasteiger partial charge is 0.146 e. The van der Waals surface area contributed by atoms with E-state index in [0.717, 1.165) is 21.9 Å². The van der Waals surface area contributed by atoms with Gasteiger partial charge >= 0.3 is 0 Å². The molecular formula is C25H21N3S. The van der Waals surface area contributed by atoms with Gasteiger partial charge < -0.3 is 0 Å². The number of fused-ring (bicyclic) bond motifs is 1. The number of hydrogen-bond donors (Lipinski definition) is 0. The fourth-order valence-corrected chi connectivity index (χ4v) is 4.91. The number of aromatic nitrogens is 3. The first-order chi connectivity index (χ1) is 14.1. The van der Waals surface area contributed by atoms with Gasteiger partial charge in [-0.2, -0.15) is 0 Å². The van der Waals surface area contributed by atoms with E-state index in [4.69, 9.17) is 9.97 Å². The van der Waals surface area contributed by atoms with E-state index < -0.39 is 0 Å². The number of benzene rings is 3. The summed E-state index contributed by atoms with van der Waals surface area (Å²) in [4.78, 5) is 9.48. The lowest BCUT2D eigenvalue weighted by molar-refractivity contribution is 1.03. The van der Waals surface area contributed by atoms with Crippen LogP contribution in [-0.2, 0) is 0 Å². The predicted octanol–water partition coefficient (Wildman–Crippen LogP) is 6.74. The maximum atomic E-state index is 4.77. The van der Waals surface area contributed by atoms with Crippen LogP contribution in [0.2, 0.25) is 0 Å². The van der Waals surface area contributed by atoms with Crippen molar-refractivity contribution in [2.75, 3.05) is 0 Å². The van der Waals surface area contributed by atoms with Crippen LogP contribution in [0.3, 0.4) is 0 Å². The first-order valence-electron chi connectivity index (χ1n) is 9.69. The molecule has 0 radical (unpaired) electrons. The van der Waals surface area contributed by atoms with E-state index in [1.54, 1.807) is 11.3 Å². The highest BCUT2D eigenvalue weighted by atomic mass is 32.1. The minimum Gasteiger partial charge on any atom is -0.299 e. The highest BCUT2D eigenvalue weighted by Gasteiger charge is 2.16. The van der Waals surface area contributed by atoms with E-state index in [-0.39, 0.29) is 0 Å². The second-order valence-corrected chi connectivity index (χ2v) is 8.57. The van der Waals surface area contributed by atoms with Gasteiger partial charge in [-0.05, 0) is 67.3 Å². The third-order valence-electron chi connectivity index (χ3n) is 5.25. The van der Waals surface area contributed by atoms with Gasteiger partial charge in [0.1, 0.15) is 5.82 Å². The zero-order chi connectivity index (χ0) is 20.0. The minimum atomic E-state index is 0.930. The zero-order valence-electron chi connectivity index (χ0n) is 16.7. The molecule has 0 spiro atoms. The van der Waals surface area contributed by atoms with Crippen LogP contribution in [0.4, 0.5) is 0 Å². The lowest BCUT2D eigenvalue weighted by atomic mass is 9.98. The number of thiazole rings is 1. The van der Waals surface area contributed by atoms with E-state index in [0.29, 0.717) is 0 Å². The van der Waals surface area contributed by atoms with Gasteiger partial charge in [0.25, 0.3) is 0 Å². The molecule has 3 aromatic carbocycles. The summed E-state index contributed by atoms with van der Waals surface area (Å²) in [7, 11) is 0. The summed E-state index contributed by atoms with van der Waals surface area (Å²) in [6, 6.07) is 21.4. The molecule has 0 aliphatic heterocycles. The summed E-state index contributed by atoms with van der Waals surface area (Å²) < 4.78 is 3.39. The van der Waals surface area contributed by atoms with Gasteiger partial charge in [0.2, 0.25) is 0 Å². The average molecular weight is 396 g/mol. The lowest BCUT2D eigenvalue weighted by Crippen LogP contribution is -2.02. The van der Waals surface area contributed by atoms with Gasteiger partial charge in [-0.25, -0.2) is 9.97 Å². The zero-order valence-corrected chi connectivity index (χ0v) is 17.5. The standard InChI is InChI=1S/C25H21N3S/c1-16-14-20(19-8-5-4-6-9-19)15-17(2)24(16)28-13-12-26-25(28)21-10-7-11-22-23(21)27-18(3)29-22/h4-15H,1-3H3. The first-order valence-corrected chi connectivity index (χ1v) is 10.5. The second kappa shape index (κ2) is 6.98. The Balaban J connectivity index is 1.68. The molecule has 5 aromatic rings. The molecular weight excluding hydrogens is 374 g/mol. The monoisotopic (exact) mass is 395 g/mol. The lowest BCUT2D eigenvalue weighted by Gasteiger charge is -2.16. The van der Waals surface area contributed by atoms with Crippen LogP contribution in [0.25, 0.3) is 38.4 Å². The van der Waals surface area contributed by atoms with Crippen LogP contribution in [0, 0.1) is 20.8 Å². The Morgan fingerprint density at radius 3 is 2.34 bits per heavy atom. The van der Waals surface area contributed by atoms with Gasteiger partial charge in [-0.15, -0.1) is 11.3 Å². The highest BCUT2D eigenvalue weighted by Crippen LogP contribution is 2.34. The van der Waals surface area contributed by atoms with Crippen molar-refractivity contribution in [2.45, 2.75) is 20.8 Å². The number of para-hydroxylation sites is 1. The van der Waals surface area contributed by atoms with Crippen LogP contribution in [-0.4, -0.2) is 14.5 Å². The molecule has 0 saturated carbocycles. The second-order valence-electron chi connectivity index (χ2n) is 7.33. The van der Waals surface area contributed by atoms with Gasteiger partial charge in [-0.1, -0.05) is 36.4 Å². The number of aryl methyl sites for hydroxylation is 3. The quantitative estimate of drug-likeness (QED) is 0.339. The summed E-state index contributed by atoms with van der Waals surface area (Å²) in [5.41, 5.74) is 8.21. The van der Waals surface area contributed by atoms with Gasteiger partial charge in [0.05, 0.1) is 20.9 Å². The number of nitrogens with zero attached hydrogens (tertiary/aromatic N) is 3. The topological polar surface area (TPSA) is 30.7 Å². The summed E-state index contributed by atoms with van der Waals surface area (Å²) in [5.74, 6) is 0.930. The van der Waals surface area contributed by atoms with E-state index >= 15 is 0 Å². The molecule has 2 aromatic heterocycles. The van der Waals surface area contributed by atoms with Crippen LogP contribution in [0.15, 0.2) is 73.1 Å². The van der Waals surface area contributed by atoms with Crippen LogP contribution in [0.5, 0.6) is 0 Å². The molecule has 0 aliphatic rings. The number of hydrogen-bond acceptors (Lipinski definition) is 3. The summed E-state index contributed by atoms with van der Waals surface area (Å²) >= 11 is 1.72. The Morgan fingerprint density at radius 2 is 1.59 bits per heavy atom. The molecule has 0 fully saturated rings. The van der Waals surface area contributed by atoms with E-state index in [1.807, 2.05) is 12.4 Å². The van der Waals surface area contributed by atoms with E-state index in [9.17, 15) is 0 Å². The highest BCUT2D eigenvalue weighted by molar-refractivity contribution is 7.18. The Bertz CT molecular complexity index is 1310. The van der Waals surface area contributed by atoms with Gasteiger partial charge in [0, 0.05) is 18.0 Å². The summed E-state index contributed by atoms with van der Waals surface area (Å²) in [6.45, 7) is 6.40. The molecule has 4 heteroatoms. The van der Waals surface area contributed by atoms with Gasteiger partial charge in [-0.3, -0.25) is 4.57 Å². The van der Waals surface area contributed by atoms with Crippen molar-refractivity contribution in [1.29, 1.82) is 0 Å².